The minimum absolute atomic E-state index is 0.242. The molecule has 0 amide bonds. The molecule has 31 heavy (non-hydrogen) atoms. The molecule has 7 nitrogen and oxygen atoms in total. The highest BCUT2D eigenvalue weighted by molar-refractivity contribution is 5.99. The van der Waals surface area contributed by atoms with Crippen molar-refractivity contribution in [1.82, 2.24) is 9.97 Å². The van der Waals surface area contributed by atoms with Crippen LogP contribution < -0.4 is 9.80 Å². The number of morpholine rings is 1. The average Bonchev–Trinajstić information content (AvgIpc) is 2.81. The van der Waals surface area contributed by atoms with Crippen LogP contribution in [0.25, 0.3) is 11.0 Å². The summed E-state index contributed by atoms with van der Waals surface area (Å²) in [7, 11) is 3.24. The van der Waals surface area contributed by atoms with Gasteiger partial charge in [0.05, 0.1) is 43.3 Å². The number of carbonyl (C=O) groups is 1. The molecule has 0 spiro atoms. The predicted octanol–water partition coefficient (Wildman–Crippen LogP) is 3.34. The molecule has 0 N–H and O–H groups in total. The Balaban J connectivity index is 1.79. The van der Waals surface area contributed by atoms with E-state index in [2.05, 4.69) is 9.88 Å². The van der Waals surface area contributed by atoms with Crippen molar-refractivity contribution >= 4 is 28.5 Å². The summed E-state index contributed by atoms with van der Waals surface area (Å²) in [6, 6.07) is 8.48. The van der Waals surface area contributed by atoms with E-state index >= 15 is 0 Å². The van der Waals surface area contributed by atoms with Crippen LogP contribution in [0.4, 0.5) is 15.9 Å². The van der Waals surface area contributed by atoms with Crippen LogP contribution in [0.5, 0.6) is 0 Å². The molecule has 0 saturated carbocycles. The van der Waals surface area contributed by atoms with Gasteiger partial charge in [0.25, 0.3) is 0 Å². The molecule has 1 aliphatic heterocycles. The monoisotopic (exact) mass is 424 g/mol. The number of hydrogen-bond acceptors (Lipinski definition) is 7. The van der Waals surface area contributed by atoms with Crippen LogP contribution in [0.1, 0.15) is 21.5 Å². The number of nitrogens with zero attached hydrogens (tertiary/aromatic N) is 4. The van der Waals surface area contributed by atoms with Crippen LogP contribution in [0, 0.1) is 12.7 Å². The number of carbonyl (C=O) groups excluding carboxylic acids is 1. The third-order valence-electron chi connectivity index (χ3n) is 5.57. The summed E-state index contributed by atoms with van der Waals surface area (Å²) in [5, 5.41) is 0. The summed E-state index contributed by atoms with van der Waals surface area (Å²) < 4.78 is 24.4. The molecular weight excluding hydrogens is 399 g/mol. The Morgan fingerprint density at radius 3 is 2.81 bits per heavy atom. The van der Waals surface area contributed by atoms with Gasteiger partial charge in [-0.1, -0.05) is 12.1 Å². The molecule has 0 atom stereocenters. The molecule has 1 aliphatic rings. The van der Waals surface area contributed by atoms with Crippen molar-refractivity contribution in [3.05, 3.63) is 59.0 Å². The molecule has 162 valence electrons. The fourth-order valence-electron chi connectivity index (χ4n) is 3.72. The fraction of sp³-hybridized carbons (Fsp3) is 0.348. The number of fused-ring (bicyclic) bond motifs is 1. The summed E-state index contributed by atoms with van der Waals surface area (Å²) >= 11 is 0. The molecule has 4 rings (SSSR count). The number of benzene rings is 2. The molecule has 0 aliphatic carbocycles. The molecule has 2 heterocycles. The van der Waals surface area contributed by atoms with Gasteiger partial charge in [-0.3, -0.25) is 4.98 Å². The van der Waals surface area contributed by atoms with Crippen molar-refractivity contribution in [2.75, 3.05) is 50.3 Å². The minimum atomic E-state index is -0.447. The lowest BCUT2D eigenvalue weighted by molar-refractivity contribution is 0.0601. The van der Waals surface area contributed by atoms with E-state index in [1.807, 2.05) is 18.0 Å². The molecule has 1 fully saturated rings. The van der Waals surface area contributed by atoms with Gasteiger partial charge in [-0.05, 0) is 36.2 Å². The summed E-state index contributed by atoms with van der Waals surface area (Å²) in [6.45, 7) is 4.99. The quantitative estimate of drug-likeness (QED) is 0.582. The van der Waals surface area contributed by atoms with E-state index in [1.165, 1.54) is 13.2 Å². The van der Waals surface area contributed by atoms with E-state index in [0.29, 0.717) is 41.9 Å². The van der Waals surface area contributed by atoms with E-state index in [4.69, 9.17) is 14.5 Å². The van der Waals surface area contributed by atoms with Crippen LogP contribution in [0.15, 0.2) is 36.5 Å². The summed E-state index contributed by atoms with van der Waals surface area (Å²) in [4.78, 5) is 25.8. The Labute approximate surface area is 180 Å². The third kappa shape index (κ3) is 4.29. The number of halogens is 1. The van der Waals surface area contributed by atoms with Gasteiger partial charge in [-0.15, -0.1) is 0 Å². The normalized spacial score (nSPS) is 14.0. The van der Waals surface area contributed by atoms with Gasteiger partial charge in [-0.25, -0.2) is 14.2 Å². The van der Waals surface area contributed by atoms with Gasteiger partial charge in [0, 0.05) is 26.7 Å². The van der Waals surface area contributed by atoms with Crippen molar-refractivity contribution in [2.45, 2.75) is 13.5 Å². The van der Waals surface area contributed by atoms with Crippen LogP contribution in [0.2, 0.25) is 0 Å². The Hall–Kier alpha value is -3.26. The number of esters is 1. The zero-order chi connectivity index (χ0) is 22.0. The molecule has 0 bridgehead atoms. The standard InChI is InChI=1S/C23H25FN4O3/c1-15-16(5-4-6-18(15)24)14-27(2)20-12-17(23(29)30-3)11-19-22(20)26-21(13-25-19)28-7-9-31-10-8-28/h4-6,11-13H,7-10,14H2,1-3H3. The van der Waals surface area contributed by atoms with E-state index in [9.17, 15) is 9.18 Å². The van der Waals surface area contributed by atoms with Crippen molar-refractivity contribution in [3.63, 3.8) is 0 Å². The lowest BCUT2D eigenvalue weighted by Crippen LogP contribution is -2.36. The first-order valence-corrected chi connectivity index (χ1v) is 10.1. The van der Waals surface area contributed by atoms with E-state index in [0.717, 1.165) is 30.2 Å². The molecule has 3 aromatic rings. The first-order valence-electron chi connectivity index (χ1n) is 10.1. The SMILES string of the molecule is COC(=O)c1cc(N(C)Cc2cccc(F)c2C)c2nc(N3CCOCC3)cnc2c1. The van der Waals surface area contributed by atoms with Crippen molar-refractivity contribution in [3.8, 4) is 0 Å². The smallest absolute Gasteiger partial charge is 0.338 e. The lowest BCUT2D eigenvalue weighted by Gasteiger charge is -2.28. The number of anilines is 2. The first kappa shape index (κ1) is 21.0. The van der Waals surface area contributed by atoms with Gasteiger partial charge in [-0.2, -0.15) is 0 Å². The average molecular weight is 424 g/mol. The van der Waals surface area contributed by atoms with Crippen molar-refractivity contribution in [2.24, 2.45) is 0 Å². The fourth-order valence-corrected chi connectivity index (χ4v) is 3.72. The molecule has 1 saturated heterocycles. The maximum Gasteiger partial charge on any atom is 0.338 e. The highest BCUT2D eigenvalue weighted by Gasteiger charge is 2.19. The molecule has 8 heteroatoms. The number of rotatable bonds is 5. The molecular formula is C23H25FN4O3. The zero-order valence-corrected chi connectivity index (χ0v) is 17.9. The van der Waals surface area contributed by atoms with Crippen LogP contribution in [-0.2, 0) is 16.0 Å². The molecule has 0 unspecified atom stereocenters. The Morgan fingerprint density at radius 2 is 2.06 bits per heavy atom. The predicted molar refractivity (Wildman–Crippen MR) is 117 cm³/mol. The number of aromatic nitrogens is 2. The second-order valence-corrected chi connectivity index (χ2v) is 7.56. The van der Waals surface area contributed by atoms with Crippen LogP contribution >= 0.6 is 0 Å². The van der Waals surface area contributed by atoms with Crippen LogP contribution in [-0.4, -0.2) is 56.4 Å². The zero-order valence-electron chi connectivity index (χ0n) is 17.9. The van der Waals surface area contributed by atoms with E-state index in [1.54, 1.807) is 31.3 Å². The van der Waals surface area contributed by atoms with Gasteiger partial charge >= 0.3 is 5.97 Å². The second-order valence-electron chi connectivity index (χ2n) is 7.56. The largest absolute Gasteiger partial charge is 0.465 e. The van der Waals surface area contributed by atoms with E-state index < -0.39 is 5.97 Å². The van der Waals surface area contributed by atoms with Gasteiger partial charge in [0.2, 0.25) is 0 Å². The number of ether oxygens (including phenoxy) is 2. The van der Waals surface area contributed by atoms with Crippen LogP contribution in [0.3, 0.4) is 0 Å². The van der Waals surface area contributed by atoms with Crippen molar-refractivity contribution in [1.29, 1.82) is 0 Å². The maximum atomic E-state index is 14.0. The molecule has 1 aromatic heterocycles. The Bertz CT molecular complexity index is 1120. The maximum absolute atomic E-state index is 14.0. The van der Waals surface area contributed by atoms with Gasteiger partial charge in [0.15, 0.2) is 0 Å². The van der Waals surface area contributed by atoms with E-state index in [-0.39, 0.29) is 5.82 Å². The summed E-state index contributed by atoms with van der Waals surface area (Å²) in [5.41, 5.74) is 3.84. The molecule has 0 radical (unpaired) electrons. The lowest BCUT2D eigenvalue weighted by atomic mass is 10.1. The number of hydrogen-bond donors (Lipinski definition) is 0. The number of methoxy groups -OCH3 is 1. The highest BCUT2D eigenvalue weighted by Crippen LogP contribution is 2.29. The van der Waals surface area contributed by atoms with Crippen molar-refractivity contribution < 1.29 is 18.7 Å². The Morgan fingerprint density at radius 1 is 1.29 bits per heavy atom. The van der Waals surface area contributed by atoms with Gasteiger partial charge in [0.1, 0.15) is 17.2 Å². The third-order valence-corrected chi connectivity index (χ3v) is 5.57. The van der Waals surface area contributed by atoms with Gasteiger partial charge < -0.3 is 19.3 Å². The minimum Gasteiger partial charge on any atom is -0.465 e. The molecule has 2 aromatic carbocycles. The summed E-state index contributed by atoms with van der Waals surface area (Å²) in [6.07, 6.45) is 1.72. The Kier molecular flexibility index (Phi) is 5.99. The second kappa shape index (κ2) is 8.85. The highest BCUT2D eigenvalue weighted by atomic mass is 19.1. The topological polar surface area (TPSA) is 67.8 Å². The first-order chi connectivity index (χ1) is 15.0. The summed E-state index contributed by atoms with van der Waals surface area (Å²) in [5.74, 6) is 0.0733.